The molecule has 1 rings (SSSR count). The first-order valence-electron chi connectivity index (χ1n) is 5.21. The summed E-state index contributed by atoms with van der Waals surface area (Å²) in [6.07, 6.45) is 1.41. The van der Waals surface area contributed by atoms with Crippen LogP contribution in [0.25, 0.3) is 0 Å². The number of benzene rings is 1. The van der Waals surface area contributed by atoms with Crippen molar-refractivity contribution in [1.29, 1.82) is 5.26 Å². The van der Waals surface area contributed by atoms with Crippen LogP contribution in [0.4, 0.5) is 0 Å². The van der Waals surface area contributed by atoms with E-state index in [1.807, 2.05) is 19.1 Å². The zero-order valence-electron chi connectivity index (χ0n) is 9.56. The van der Waals surface area contributed by atoms with Crippen molar-refractivity contribution in [3.63, 3.8) is 0 Å². The van der Waals surface area contributed by atoms with Gasteiger partial charge in [0, 0.05) is 6.42 Å². The van der Waals surface area contributed by atoms with E-state index in [2.05, 4.69) is 10.8 Å². The van der Waals surface area contributed by atoms with Crippen LogP contribution in [0, 0.1) is 17.2 Å². The third-order valence-corrected chi connectivity index (χ3v) is 2.40. The van der Waals surface area contributed by atoms with Crippen LogP contribution < -0.4 is 0 Å². The van der Waals surface area contributed by atoms with Crippen molar-refractivity contribution in [3.05, 3.63) is 35.4 Å². The fourth-order valence-electron chi connectivity index (χ4n) is 1.53. The lowest BCUT2D eigenvalue weighted by Gasteiger charge is -2.07. The smallest absolute Gasteiger partial charge is 0.337 e. The maximum absolute atomic E-state index is 11.2. The molecule has 0 aromatic heterocycles. The van der Waals surface area contributed by atoms with Gasteiger partial charge < -0.3 is 4.74 Å². The summed E-state index contributed by atoms with van der Waals surface area (Å²) in [5.74, 6) is 0.0191. The van der Waals surface area contributed by atoms with Gasteiger partial charge in [0.05, 0.1) is 18.7 Å². The molecule has 1 unspecified atom stereocenters. The summed E-state index contributed by atoms with van der Waals surface area (Å²) in [6, 6.07) is 9.46. The highest BCUT2D eigenvalue weighted by Crippen LogP contribution is 2.12. The average Bonchev–Trinajstić information content (AvgIpc) is 2.29. The van der Waals surface area contributed by atoms with Crippen molar-refractivity contribution >= 4 is 5.97 Å². The molecule has 3 nitrogen and oxygen atoms in total. The molecule has 3 heteroatoms. The molecule has 1 aromatic rings. The quantitative estimate of drug-likeness (QED) is 0.728. The molecule has 1 aromatic carbocycles. The fourth-order valence-corrected chi connectivity index (χ4v) is 1.53. The number of nitrogens with zero attached hydrogens (tertiary/aromatic N) is 1. The van der Waals surface area contributed by atoms with Gasteiger partial charge in [0.1, 0.15) is 0 Å². The Morgan fingerprint density at radius 3 is 2.56 bits per heavy atom. The van der Waals surface area contributed by atoms with E-state index in [-0.39, 0.29) is 5.97 Å². The molecular formula is C13H15NO2. The van der Waals surface area contributed by atoms with E-state index >= 15 is 0 Å². The number of esters is 1. The predicted octanol–water partition coefficient (Wildman–Crippen LogP) is 2.57. The molecule has 0 amide bonds. The largest absolute Gasteiger partial charge is 0.465 e. The van der Waals surface area contributed by atoms with Crippen LogP contribution in [0.2, 0.25) is 0 Å². The van der Waals surface area contributed by atoms with Gasteiger partial charge in [0.2, 0.25) is 0 Å². The van der Waals surface area contributed by atoms with Crippen LogP contribution in [0.1, 0.15) is 29.3 Å². The normalized spacial score (nSPS) is 11.6. The summed E-state index contributed by atoms with van der Waals surface area (Å²) in [6.45, 7) is 2.04. The zero-order valence-corrected chi connectivity index (χ0v) is 9.56. The summed E-state index contributed by atoms with van der Waals surface area (Å²) >= 11 is 0. The summed E-state index contributed by atoms with van der Waals surface area (Å²) in [4.78, 5) is 11.2. The molecule has 84 valence electrons. The van der Waals surface area contributed by atoms with Crippen molar-refractivity contribution in [2.45, 2.75) is 19.8 Å². The summed E-state index contributed by atoms with van der Waals surface area (Å²) in [7, 11) is 1.37. The maximum atomic E-state index is 11.2. The molecule has 0 N–H and O–H groups in total. The van der Waals surface area contributed by atoms with Gasteiger partial charge in [0.25, 0.3) is 0 Å². The molecule has 0 saturated heterocycles. The van der Waals surface area contributed by atoms with Crippen molar-refractivity contribution in [2.75, 3.05) is 7.11 Å². The third kappa shape index (κ3) is 3.39. The number of ether oxygens (including phenoxy) is 1. The Morgan fingerprint density at radius 2 is 2.06 bits per heavy atom. The van der Waals surface area contributed by atoms with Gasteiger partial charge in [-0.1, -0.05) is 19.1 Å². The van der Waals surface area contributed by atoms with Crippen LogP contribution >= 0.6 is 0 Å². The van der Waals surface area contributed by atoms with E-state index in [1.165, 1.54) is 7.11 Å². The van der Waals surface area contributed by atoms with Crippen LogP contribution in [-0.4, -0.2) is 13.1 Å². The minimum absolute atomic E-state index is 0.323. The molecule has 0 fully saturated rings. The fraction of sp³-hybridized carbons (Fsp3) is 0.385. The molecule has 0 heterocycles. The van der Waals surface area contributed by atoms with Crippen LogP contribution in [0.15, 0.2) is 24.3 Å². The first-order valence-corrected chi connectivity index (χ1v) is 5.21. The van der Waals surface area contributed by atoms with Crippen molar-refractivity contribution in [2.24, 2.45) is 5.92 Å². The minimum Gasteiger partial charge on any atom is -0.465 e. The summed E-state index contributed by atoms with van der Waals surface area (Å²) in [5.41, 5.74) is 1.69. The molecule has 0 saturated carbocycles. The van der Waals surface area contributed by atoms with Gasteiger partial charge >= 0.3 is 5.97 Å². The molecule has 0 bridgehead atoms. The van der Waals surface area contributed by atoms with Crippen LogP contribution in [0.5, 0.6) is 0 Å². The molecule has 0 aliphatic carbocycles. The summed E-state index contributed by atoms with van der Waals surface area (Å²) < 4.78 is 4.61. The van der Waals surface area contributed by atoms with E-state index in [0.29, 0.717) is 17.9 Å². The second-order valence-corrected chi connectivity index (χ2v) is 3.86. The molecular weight excluding hydrogens is 202 g/mol. The zero-order chi connectivity index (χ0) is 12.0. The average molecular weight is 217 g/mol. The van der Waals surface area contributed by atoms with Gasteiger partial charge in [0.15, 0.2) is 0 Å². The van der Waals surface area contributed by atoms with E-state index in [1.54, 1.807) is 12.1 Å². The molecule has 0 radical (unpaired) electrons. The van der Waals surface area contributed by atoms with E-state index in [9.17, 15) is 4.79 Å². The molecule has 0 spiro atoms. The Balaban J connectivity index is 2.65. The molecule has 0 aliphatic rings. The van der Waals surface area contributed by atoms with Crippen molar-refractivity contribution in [3.8, 4) is 6.07 Å². The first kappa shape index (κ1) is 12.3. The lowest BCUT2D eigenvalue weighted by molar-refractivity contribution is 0.0600. The minimum atomic E-state index is -0.323. The van der Waals surface area contributed by atoms with Crippen LogP contribution in [-0.2, 0) is 11.2 Å². The summed E-state index contributed by atoms with van der Waals surface area (Å²) in [5, 5.41) is 8.55. The molecule has 0 aliphatic heterocycles. The number of carbonyl (C=O) groups excluding carboxylic acids is 1. The number of hydrogen-bond acceptors (Lipinski definition) is 3. The van der Waals surface area contributed by atoms with E-state index in [4.69, 9.17) is 5.26 Å². The van der Waals surface area contributed by atoms with Crippen molar-refractivity contribution in [1.82, 2.24) is 0 Å². The monoisotopic (exact) mass is 217 g/mol. The third-order valence-electron chi connectivity index (χ3n) is 2.40. The SMILES string of the molecule is COC(=O)c1ccc(CC(C)CC#N)cc1. The topological polar surface area (TPSA) is 50.1 Å². The highest BCUT2D eigenvalue weighted by molar-refractivity contribution is 5.89. The standard InChI is InChI=1S/C13H15NO2/c1-10(7-8-14)9-11-3-5-12(6-4-11)13(15)16-2/h3-6,10H,7,9H2,1-2H3. The Bertz CT molecular complexity index is 389. The van der Waals surface area contributed by atoms with E-state index in [0.717, 1.165) is 12.0 Å². The van der Waals surface area contributed by atoms with Gasteiger partial charge in [-0.05, 0) is 30.0 Å². The number of hydrogen-bond donors (Lipinski definition) is 0. The highest BCUT2D eigenvalue weighted by atomic mass is 16.5. The second-order valence-electron chi connectivity index (χ2n) is 3.86. The highest BCUT2D eigenvalue weighted by Gasteiger charge is 2.06. The number of rotatable bonds is 4. The lowest BCUT2D eigenvalue weighted by Crippen LogP contribution is -2.02. The Labute approximate surface area is 95.7 Å². The Morgan fingerprint density at radius 1 is 1.44 bits per heavy atom. The Kier molecular flexibility index (Phi) is 4.53. The maximum Gasteiger partial charge on any atom is 0.337 e. The molecule has 1 atom stereocenters. The number of methoxy groups -OCH3 is 1. The number of nitriles is 1. The van der Waals surface area contributed by atoms with E-state index < -0.39 is 0 Å². The molecule has 16 heavy (non-hydrogen) atoms. The van der Waals surface area contributed by atoms with Crippen molar-refractivity contribution < 1.29 is 9.53 Å². The second kappa shape index (κ2) is 5.92. The van der Waals surface area contributed by atoms with Gasteiger partial charge in [-0.15, -0.1) is 0 Å². The Hall–Kier alpha value is -1.82. The van der Waals surface area contributed by atoms with Gasteiger partial charge in [-0.3, -0.25) is 0 Å². The van der Waals surface area contributed by atoms with Gasteiger partial charge in [-0.2, -0.15) is 5.26 Å². The van der Waals surface area contributed by atoms with Crippen LogP contribution in [0.3, 0.4) is 0 Å². The first-order chi connectivity index (χ1) is 7.67. The predicted molar refractivity (Wildman–Crippen MR) is 60.9 cm³/mol. The lowest BCUT2D eigenvalue weighted by atomic mass is 9.98. The van der Waals surface area contributed by atoms with Gasteiger partial charge in [-0.25, -0.2) is 4.79 Å². The number of carbonyl (C=O) groups is 1.